The number of carbonyl (C=O) groups excluding carboxylic acids is 1. The van der Waals surface area contributed by atoms with Gasteiger partial charge in [-0.3, -0.25) is 14.9 Å². The van der Waals surface area contributed by atoms with Crippen molar-refractivity contribution in [1.29, 1.82) is 0 Å². The molecule has 0 radical (unpaired) electrons. The van der Waals surface area contributed by atoms with Crippen molar-refractivity contribution >= 4 is 28.9 Å². The molecule has 0 spiro atoms. The number of fused-ring (bicyclic) bond motifs is 1. The molecule has 0 saturated heterocycles. The van der Waals surface area contributed by atoms with Crippen LogP contribution in [0.1, 0.15) is 0 Å². The summed E-state index contributed by atoms with van der Waals surface area (Å²) in [6.07, 6.45) is 0. The molecule has 1 aliphatic heterocycles. The Morgan fingerprint density at radius 3 is 2.88 bits per heavy atom. The van der Waals surface area contributed by atoms with Crippen LogP contribution in [0.15, 0.2) is 42.5 Å². The zero-order valence-corrected chi connectivity index (χ0v) is 13.2. The maximum Gasteiger partial charge on any atom is 0.271 e. The fourth-order valence-electron chi connectivity index (χ4n) is 2.36. The molecule has 24 heavy (non-hydrogen) atoms. The Morgan fingerprint density at radius 1 is 1.33 bits per heavy atom. The number of benzene rings is 2. The zero-order chi connectivity index (χ0) is 17.1. The minimum atomic E-state index is -0.516. The van der Waals surface area contributed by atoms with Crippen molar-refractivity contribution in [1.82, 2.24) is 0 Å². The number of hydrogen-bond donors (Lipinski definition) is 0. The van der Waals surface area contributed by atoms with Crippen LogP contribution in [0.4, 0.5) is 11.4 Å². The number of nitro benzene ring substituents is 1. The lowest BCUT2D eigenvalue weighted by molar-refractivity contribution is -0.384. The van der Waals surface area contributed by atoms with Gasteiger partial charge in [0, 0.05) is 12.1 Å². The Bertz CT molecular complexity index is 796. The van der Waals surface area contributed by atoms with Crippen molar-refractivity contribution in [3.8, 4) is 11.5 Å². The van der Waals surface area contributed by atoms with E-state index in [0.717, 1.165) is 0 Å². The SMILES string of the molecule is O=C(COc1ccccc1Cl)N1CCOc2ccc([N+](=O)[O-])cc21. The van der Waals surface area contributed by atoms with E-state index in [4.69, 9.17) is 21.1 Å². The Morgan fingerprint density at radius 2 is 2.12 bits per heavy atom. The molecule has 0 fully saturated rings. The van der Waals surface area contributed by atoms with Crippen LogP contribution in [0, 0.1) is 10.1 Å². The van der Waals surface area contributed by atoms with Gasteiger partial charge in [0.25, 0.3) is 11.6 Å². The first-order valence-electron chi connectivity index (χ1n) is 7.15. The number of nitrogens with zero attached hydrogens (tertiary/aromatic N) is 2. The minimum absolute atomic E-state index is 0.107. The number of para-hydroxylation sites is 1. The van der Waals surface area contributed by atoms with E-state index in [0.29, 0.717) is 35.4 Å². The third-order valence-corrected chi connectivity index (χ3v) is 3.82. The number of rotatable bonds is 4. The van der Waals surface area contributed by atoms with Crippen LogP contribution in [0.2, 0.25) is 5.02 Å². The predicted molar refractivity (Wildman–Crippen MR) is 87.9 cm³/mol. The van der Waals surface area contributed by atoms with E-state index in [1.165, 1.54) is 23.1 Å². The van der Waals surface area contributed by atoms with Gasteiger partial charge in [-0.25, -0.2) is 0 Å². The average Bonchev–Trinajstić information content (AvgIpc) is 2.59. The molecule has 2 aromatic rings. The Hall–Kier alpha value is -2.80. The van der Waals surface area contributed by atoms with Crippen LogP contribution < -0.4 is 14.4 Å². The summed E-state index contributed by atoms with van der Waals surface area (Å²) in [5.74, 6) is 0.498. The summed E-state index contributed by atoms with van der Waals surface area (Å²) in [5.41, 5.74) is 0.257. The quantitative estimate of drug-likeness (QED) is 0.626. The van der Waals surface area contributed by atoms with E-state index in [1.54, 1.807) is 24.3 Å². The Kier molecular flexibility index (Phi) is 4.52. The lowest BCUT2D eigenvalue weighted by Gasteiger charge is -2.29. The zero-order valence-electron chi connectivity index (χ0n) is 12.5. The van der Waals surface area contributed by atoms with Crippen molar-refractivity contribution in [2.75, 3.05) is 24.7 Å². The molecule has 0 unspecified atom stereocenters. The second kappa shape index (κ2) is 6.76. The molecular weight excluding hydrogens is 336 g/mol. The number of hydrogen-bond acceptors (Lipinski definition) is 5. The molecule has 124 valence electrons. The monoisotopic (exact) mass is 348 g/mol. The number of anilines is 1. The highest BCUT2D eigenvalue weighted by molar-refractivity contribution is 6.32. The summed E-state index contributed by atoms with van der Waals surface area (Å²) < 4.78 is 10.9. The number of nitro groups is 1. The standard InChI is InChI=1S/C16H13ClN2O5/c17-12-3-1-2-4-14(12)24-10-16(20)18-7-8-23-15-6-5-11(19(21)22)9-13(15)18/h1-6,9H,7-8,10H2. The number of non-ortho nitro benzene ring substituents is 1. The largest absolute Gasteiger partial charge is 0.490 e. The molecule has 0 atom stereocenters. The lowest BCUT2D eigenvalue weighted by Crippen LogP contribution is -2.40. The molecule has 0 aliphatic carbocycles. The van der Waals surface area contributed by atoms with Gasteiger partial charge in [-0.1, -0.05) is 23.7 Å². The molecule has 7 nitrogen and oxygen atoms in total. The third kappa shape index (κ3) is 3.26. The van der Waals surface area contributed by atoms with E-state index >= 15 is 0 Å². The van der Waals surface area contributed by atoms with Gasteiger partial charge in [0.05, 0.1) is 22.2 Å². The average molecular weight is 349 g/mol. The van der Waals surface area contributed by atoms with Gasteiger partial charge in [0.1, 0.15) is 18.1 Å². The first-order chi connectivity index (χ1) is 11.6. The van der Waals surface area contributed by atoms with Crippen LogP contribution in [0.5, 0.6) is 11.5 Å². The van der Waals surface area contributed by atoms with Crippen molar-refractivity contribution in [2.45, 2.75) is 0 Å². The fourth-order valence-corrected chi connectivity index (χ4v) is 2.55. The Labute approximate surface area is 142 Å². The van der Waals surface area contributed by atoms with Crippen molar-refractivity contribution in [3.63, 3.8) is 0 Å². The normalized spacial score (nSPS) is 13.0. The minimum Gasteiger partial charge on any atom is -0.490 e. The van der Waals surface area contributed by atoms with Crippen molar-refractivity contribution in [2.24, 2.45) is 0 Å². The van der Waals surface area contributed by atoms with Gasteiger partial charge in [-0.15, -0.1) is 0 Å². The van der Waals surface area contributed by atoms with Gasteiger partial charge in [0.15, 0.2) is 6.61 Å². The van der Waals surface area contributed by atoms with Crippen molar-refractivity contribution < 1.29 is 19.2 Å². The molecule has 0 N–H and O–H groups in total. The maximum absolute atomic E-state index is 12.5. The Balaban J connectivity index is 1.78. The summed E-state index contributed by atoms with van der Waals surface area (Å²) in [6, 6.07) is 11.0. The predicted octanol–water partition coefficient (Wildman–Crippen LogP) is 3.05. The van der Waals surface area contributed by atoms with Crippen LogP contribution in [0.3, 0.4) is 0 Å². The van der Waals surface area contributed by atoms with Gasteiger partial charge in [-0.05, 0) is 18.2 Å². The second-order valence-corrected chi connectivity index (χ2v) is 5.43. The summed E-state index contributed by atoms with van der Waals surface area (Å²) in [7, 11) is 0. The van der Waals surface area contributed by atoms with Crippen LogP contribution in [-0.2, 0) is 4.79 Å². The van der Waals surface area contributed by atoms with Crippen LogP contribution >= 0.6 is 11.6 Å². The summed E-state index contributed by atoms with van der Waals surface area (Å²) in [4.78, 5) is 24.3. The molecule has 1 heterocycles. The van der Waals surface area contributed by atoms with E-state index in [1.807, 2.05) is 0 Å². The molecule has 1 aliphatic rings. The van der Waals surface area contributed by atoms with E-state index in [9.17, 15) is 14.9 Å². The van der Waals surface area contributed by atoms with Gasteiger partial charge in [0.2, 0.25) is 0 Å². The first-order valence-corrected chi connectivity index (χ1v) is 7.53. The highest BCUT2D eigenvalue weighted by atomic mass is 35.5. The van der Waals surface area contributed by atoms with E-state index < -0.39 is 4.92 Å². The van der Waals surface area contributed by atoms with E-state index in [-0.39, 0.29) is 18.2 Å². The van der Waals surface area contributed by atoms with Gasteiger partial charge in [-0.2, -0.15) is 0 Å². The topological polar surface area (TPSA) is 81.9 Å². The molecule has 1 amide bonds. The molecule has 8 heteroatoms. The lowest BCUT2D eigenvalue weighted by atomic mass is 10.2. The highest BCUT2D eigenvalue weighted by Gasteiger charge is 2.26. The molecule has 2 aromatic carbocycles. The second-order valence-electron chi connectivity index (χ2n) is 5.02. The smallest absolute Gasteiger partial charge is 0.271 e. The number of carbonyl (C=O) groups is 1. The van der Waals surface area contributed by atoms with Crippen molar-refractivity contribution in [3.05, 3.63) is 57.6 Å². The number of ether oxygens (including phenoxy) is 2. The molecule has 0 bridgehead atoms. The third-order valence-electron chi connectivity index (χ3n) is 3.51. The maximum atomic E-state index is 12.5. The number of amides is 1. The van der Waals surface area contributed by atoms with Crippen LogP contribution in [0.25, 0.3) is 0 Å². The summed E-state index contributed by atoms with van der Waals surface area (Å²) in [6.45, 7) is 0.368. The fraction of sp³-hybridized carbons (Fsp3) is 0.188. The molecule has 3 rings (SSSR count). The number of halogens is 1. The summed E-state index contributed by atoms with van der Waals surface area (Å²) >= 11 is 5.99. The molecule has 0 aromatic heterocycles. The molecule has 0 saturated carbocycles. The highest BCUT2D eigenvalue weighted by Crippen LogP contribution is 2.35. The van der Waals surface area contributed by atoms with Gasteiger partial charge >= 0.3 is 0 Å². The summed E-state index contributed by atoms with van der Waals surface area (Å²) in [5, 5.41) is 11.3. The van der Waals surface area contributed by atoms with Gasteiger partial charge < -0.3 is 14.4 Å². The van der Waals surface area contributed by atoms with E-state index in [2.05, 4.69) is 0 Å². The first kappa shape index (κ1) is 16.1. The molecular formula is C16H13ClN2O5. The van der Waals surface area contributed by atoms with Crippen LogP contribution in [-0.4, -0.2) is 30.6 Å².